The van der Waals surface area contributed by atoms with Crippen molar-refractivity contribution in [1.29, 1.82) is 0 Å². The molecule has 6 rings (SSSR count). The number of hydrogen-bond acceptors (Lipinski definition) is 9. The number of ether oxygens (including phenoxy) is 3. The maximum atomic E-state index is 14.0. The average Bonchev–Trinajstić information content (AvgIpc) is 3.78. The lowest BCUT2D eigenvalue weighted by molar-refractivity contribution is -0.142. The number of sulfonamides is 1. The van der Waals surface area contributed by atoms with Crippen LogP contribution in [-0.4, -0.2) is 67.9 Å². The summed E-state index contributed by atoms with van der Waals surface area (Å²) < 4.78 is 49.0. The lowest BCUT2D eigenvalue weighted by Gasteiger charge is -2.31. The molecule has 2 atom stereocenters. The van der Waals surface area contributed by atoms with Crippen molar-refractivity contribution in [3.63, 3.8) is 0 Å². The van der Waals surface area contributed by atoms with E-state index in [2.05, 4.69) is 5.32 Å². The molecule has 0 radical (unpaired) electrons. The van der Waals surface area contributed by atoms with Crippen LogP contribution in [0.4, 0.5) is 0 Å². The van der Waals surface area contributed by atoms with E-state index in [-0.39, 0.29) is 42.2 Å². The minimum atomic E-state index is -4.27. The first kappa shape index (κ1) is 26.8. The highest BCUT2D eigenvalue weighted by Crippen LogP contribution is 2.35. The van der Waals surface area contributed by atoms with Crippen LogP contribution in [0.3, 0.4) is 0 Å². The van der Waals surface area contributed by atoms with Crippen LogP contribution in [0.5, 0.6) is 11.5 Å². The Bertz CT molecular complexity index is 1580. The number of amides is 3. The molecule has 41 heavy (non-hydrogen) atoms. The number of hydrogen-bond donors (Lipinski definition) is 1. The first-order chi connectivity index (χ1) is 19.8. The third-order valence-corrected chi connectivity index (χ3v) is 8.99. The average molecular weight is 582 g/mol. The molecule has 2 aromatic carbocycles. The van der Waals surface area contributed by atoms with Crippen molar-refractivity contribution in [2.24, 2.45) is 0 Å². The monoisotopic (exact) mass is 581 g/mol. The second kappa shape index (κ2) is 10.9. The molecule has 0 spiro atoms. The number of rotatable bonds is 9. The SMILES string of the molecule is O=C(NCC1CCCO1)C(c1ccco1)N(Cc1ccc2c(c1)OCO2)C(=O)CN1C(=O)c2ccccc2S1(=O)=O. The van der Waals surface area contributed by atoms with Gasteiger partial charge in [0, 0.05) is 19.7 Å². The van der Waals surface area contributed by atoms with Gasteiger partial charge in [0.05, 0.1) is 17.9 Å². The molecule has 1 N–H and O–H groups in total. The molecule has 13 heteroatoms. The van der Waals surface area contributed by atoms with Gasteiger partial charge in [-0.25, -0.2) is 12.7 Å². The summed E-state index contributed by atoms with van der Waals surface area (Å²) in [6, 6.07) is 12.7. The summed E-state index contributed by atoms with van der Waals surface area (Å²) in [6.45, 7) is -0.0363. The molecule has 3 aliphatic rings. The van der Waals surface area contributed by atoms with Crippen LogP contribution in [0.1, 0.15) is 40.6 Å². The van der Waals surface area contributed by atoms with E-state index in [1.54, 1.807) is 36.4 Å². The highest BCUT2D eigenvalue weighted by Gasteiger charge is 2.44. The number of carbonyl (C=O) groups is 3. The van der Waals surface area contributed by atoms with E-state index in [0.717, 1.165) is 12.8 Å². The van der Waals surface area contributed by atoms with Gasteiger partial charge in [0.1, 0.15) is 17.2 Å². The Morgan fingerprint density at radius 3 is 2.66 bits per heavy atom. The minimum absolute atomic E-state index is 0.0143. The van der Waals surface area contributed by atoms with Crippen LogP contribution in [0.25, 0.3) is 0 Å². The van der Waals surface area contributed by atoms with Crippen LogP contribution >= 0.6 is 0 Å². The Kier molecular flexibility index (Phi) is 7.14. The van der Waals surface area contributed by atoms with Crippen molar-refractivity contribution in [1.82, 2.24) is 14.5 Å². The minimum Gasteiger partial charge on any atom is -0.467 e. The van der Waals surface area contributed by atoms with Gasteiger partial charge in [-0.2, -0.15) is 0 Å². The van der Waals surface area contributed by atoms with E-state index >= 15 is 0 Å². The zero-order valence-electron chi connectivity index (χ0n) is 21.9. The zero-order chi connectivity index (χ0) is 28.6. The second-order valence-electron chi connectivity index (χ2n) is 9.82. The molecule has 1 saturated heterocycles. The fourth-order valence-corrected chi connectivity index (χ4v) is 6.67. The molecule has 1 fully saturated rings. The van der Waals surface area contributed by atoms with Crippen LogP contribution < -0.4 is 14.8 Å². The lowest BCUT2D eigenvalue weighted by atomic mass is 10.1. The van der Waals surface area contributed by atoms with Crippen LogP contribution in [0, 0.1) is 0 Å². The molecule has 1 aromatic heterocycles. The van der Waals surface area contributed by atoms with Gasteiger partial charge in [0.2, 0.25) is 12.7 Å². The summed E-state index contributed by atoms with van der Waals surface area (Å²) in [5, 5.41) is 2.85. The fourth-order valence-electron chi connectivity index (χ4n) is 5.15. The van der Waals surface area contributed by atoms with Crippen molar-refractivity contribution >= 4 is 27.7 Å². The van der Waals surface area contributed by atoms with Gasteiger partial charge < -0.3 is 28.8 Å². The van der Waals surface area contributed by atoms with Crippen LogP contribution in [0.15, 0.2) is 70.2 Å². The van der Waals surface area contributed by atoms with Crippen molar-refractivity contribution in [2.75, 3.05) is 26.5 Å². The smallest absolute Gasteiger partial charge is 0.269 e. The van der Waals surface area contributed by atoms with Gasteiger partial charge >= 0.3 is 0 Å². The summed E-state index contributed by atoms with van der Waals surface area (Å²) in [4.78, 5) is 41.8. The van der Waals surface area contributed by atoms with E-state index in [1.165, 1.54) is 29.4 Å². The summed E-state index contributed by atoms with van der Waals surface area (Å²) in [6.07, 6.45) is 2.91. The molecule has 4 heterocycles. The molecule has 0 aliphatic carbocycles. The van der Waals surface area contributed by atoms with Crippen LogP contribution in [0.2, 0.25) is 0 Å². The third kappa shape index (κ3) is 5.13. The predicted octanol–water partition coefficient (Wildman–Crippen LogP) is 2.22. The number of nitrogens with one attached hydrogen (secondary N) is 1. The van der Waals surface area contributed by atoms with Crippen molar-refractivity contribution in [3.8, 4) is 11.5 Å². The molecule has 214 valence electrons. The Morgan fingerprint density at radius 2 is 1.90 bits per heavy atom. The van der Waals surface area contributed by atoms with E-state index in [9.17, 15) is 22.8 Å². The topological polar surface area (TPSA) is 145 Å². The predicted molar refractivity (Wildman–Crippen MR) is 141 cm³/mol. The zero-order valence-corrected chi connectivity index (χ0v) is 22.7. The van der Waals surface area contributed by atoms with Crippen molar-refractivity contribution in [3.05, 3.63) is 77.7 Å². The highest BCUT2D eigenvalue weighted by atomic mass is 32.2. The summed E-state index contributed by atoms with van der Waals surface area (Å²) in [5.41, 5.74) is 0.574. The number of fused-ring (bicyclic) bond motifs is 2. The quantitative estimate of drug-likeness (QED) is 0.402. The van der Waals surface area contributed by atoms with Gasteiger partial charge in [-0.15, -0.1) is 0 Å². The molecule has 2 unspecified atom stereocenters. The highest BCUT2D eigenvalue weighted by molar-refractivity contribution is 7.90. The normalized spacial score (nSPS) is 19.2. The Labute approximate surface area is 235 Å². The third-order valence-electron chi connectivity index (χ3n) is 7.20. The van der Waals surface area contributed by atoms with Gasteiger partial charge in [0.25, 0.3) is 21.8 Å². The molecule has 3 amide bonds. The molecular formula is C28H27N3O9S. The molecule has 3 aromatic rings. The van der Waals surface area contributed by atoms with Gasteiger partial charge in [-0.05, 0) is 54.8 Å². The Hall–Kier alpha value is -4.36. The van der Waals surface area contributed by atoms with Gasteiger partial charge in [-0.3, -0.25) is 14.4 Å². The van der Waals surface area contributed by atoms with E-state index in [1.807, 2.05) is 0 Å². The Morgan fingerprint density at radius 1 is 1.07 bits per heavy atom. The van der Waals surface area contributed by atoms with E-state index < -0.39 is 40.3 Å². The first-order valence-electron chi connectivity index (χ1n) is 13.1. The molecule has 12 nitrogen and oxygen atoms in total. The number of benzene rings is 2. The van der Waals surface area contributed by atoms with E-state index in [4.69, 9.17) is 18.6 Å². The van der Waals surface area contributed by atoms with Gasteiger partial charge in [0.15, 0.2) is 17.5 Å². The van der Waals surface area contributed by atoms with Crippen molar-refractivity contribution in [2.45, 2.75) is 36.4 Å². The molecule has 0 saturated carbocycles. The summed E-state index contributed by atoms with van der Waals surface area (Å²) in [5.74, 6) is -0.947. The standard InChI is InChI=1S/C28H27N3O9S/c32-25(16-31-28(34)20-6-1-2-8-24(20)41(31,35)36)30(15-18-9-10-21-23(13-18)40-17-39-21)26(22-7-4-12-38-22)27(33)29-14-19-5-3-11-37-19/h1-2,4,6-10,12-13,19,26H,3,5,11,14-17H2,(H,29,33). The molecule has 3 aliphatic heterocycles. The number of carbonyl (C=O) groups excluding carboxylic acids is 3. The summed E-state index contributed by atoms with van der Waals surface area (Å²) in [7, 11) is -4.27. The second-order valence-corrected chi connectivity index (χ2v) is 11.7. The maximum Gasteiger partial charge on any atom is 0.269 e. The van der Waals surface area contributed by atoms with Crippen molar-refractivity contribution < 1.29 is 41.4 Å². The molecule has 0 bridgehead atoms. The Balaban J connectivity index is 1.33. The van der Waals surface area contributed by atoms with Gasteiger partial charge in [-0.1, -0.05) is 18.2 Å². The number of furan rings is 1. The summed E-state index contributed by atoms with van der Waals surface area (Å²) >= 11 is 0. The largest absolute Gasteiger partial charge is 0.467 e. The van der Waals surface area contributed by atoms with E-state index in [0.29, 0.717) is 28.0 Å². The maximum absolute atomic E-state index is 14.0. The van der Waals surface area contributed by atoms with Crippen LogP contribution in [-0.2, 0) is 30.9 Å². The molecular weight excluding hydrogens is 554 g/mol. The number of nitrogens with zero attached hydrogens (tertiary/aromatic N) is 2. The lowest BCUT2D eigenvalue weighted by Crippen LogP contribution is -2.48. The first-order valence-corrected chi connectivity index (χ1v) is 14.5. The fraction of sp³-hybridized carbons (Fsp3) is 0.321.